The Kier molecular flexibility index (Phi) is 3.90. The highest BCUT2D eigenvalue weighted by atomic mass is 16.5. The number of aromatic nitrogens is 2. The van der Waals surface area contributed by atoms with Crippen molar-refractivity contribution < 1.29 is 14.6 Å². The van der Waals surface area contributed by atoms with E-state index in [1.54, 1.807) is 0 Å². The average Bonchev–Trinajstić information content (AvgIpc) is 2.38. The van der Waals surface area contributed by atoms with Crippen LogP contribution in [0.3, 0.4) is 0 Å². The molecule has 17 heavy (non-hydrogen) atoms. The molecule has 5 heteroatoms. The highest BCUT2D eigenvalue weighted by molar-refractivity contribution is 5.84. The van der Waals surface area contributed by atoms with E-state index in [0.717, 1.165) is 0 Å². The standard InChI is InChI=1S/C12H16N2O3/c15-12(16)10-6-13-7-11(14-10)17-8-9-4-2-1-3-5-9/h6-7,9H,1-5,8H2,(H,15,16). The smallest absolute Gasteiger partial charge is 0.356 e. The Labute approximate surface area is 99.9 Å². The molecule has 0 saturated heterocycles. The Morgan fingerprint density at radius 2 is 2.12 bits per heavy atom. The van der Waals surface area contributed by atoms with Gasteiger partial charge >= 0.3 is 5.97 Å². The Morgan fingerprint density at radius 3 is 2.82 bits per heavy atom. The van der Waals surface area contributed by atoms with Gasteiger partial charge in [0.15, 0.2) is 5.69 Å². The minimum absolute atomic E-state index is 0.0776. The number of ether oxygens (including phenoxy) is 1. The van der Waals surface area contributed by atoms with Crippen LogP contribution in [0.1, 0.15) is 42.6 Å². The molecule has 0 unspecified atom stereocenters. The van der Waals surface area contributed by atoms with E-state index in [1.165, 1.54) is 44.5 Å². The normalized spacial score (nSPS) is 16.7. The Balaban J connectivity index is 1.89. The first-order valence-electron chi connectivity index (χ1n) is 5.94. The minimum atomic E-state index is -1.08. The van der Waals surface area contributed by atoms with E-state index in [1.807, 2.05) is 0 Å². The second-order valence-corrected chi connectivity index (χ2v) is 4.36. The maximum absolute atomic E-state index is 10.7. The summed E-state index contributed by atoms with van der Waals surface area (Å²) in [6.07, 6.45) is 8.87. The fourth-order valence-electron chi connectivity index (χ4n) is 2.08. The molecule has 0 radical (unpaired) electrons. The number of carbonyl (C=O) groups is 1. The first-order valence-corrected chi connectivity index (χ1v) is 5.94. The second kappa shape index (κ2) is 5.61. The highest BCUT2D eigenvalue weighted by Gasteiger charge is 2.14. The average molecular weight is 236 g/mol. The van der Waals surface area contributed by atoms with E-state index in [-0.39, 0.29) is 5.69 Å². The summed E-state index contributed by atoms with van der Waals surface area (Å²) in [6.45, 7) is 0.609. The SMILES string of the molecule is O=C(O)c1cncc(OCC2CCCCC2)n1. The van der Waals surface area contributed by atoms with Gasteiger partial charge < -0.3 is 9.84 Å². The van der Waals surface area contributed by atoms with Gasteiger partial charge in [0.1, 0.15) is 0 Å². The molecule has 1 aromatic heterocycles. The zero-order valence-corrected chi connectivity index (χ0v) is 9.63. The predicted molar refractivity (Wildman–Crippen MR) is 61.1 cm³/mol. The maximum atomic E-state index is 10.7. The van der Waals surface area contributed by atoms with Crippen molar-refractivity contribution in [1.29, 1.82) is 0 Å². The largest absolute Gasteiger partial charge is 0.476 e. The van der Waals surface area contributed by atoms with Gasteiger partial charge in [-0.05, 0) is 18.8 Å². The van der Waals surface area contributed by atoms with Crippen molar-refractivity contribution >= 4 is 5.97 Å². The first-order chi connectivity index (χ1) is 8.25. The summed E-state index contributed by atoms with van der Waals surface area (Å²) in [5, 5.41) is 8.77. The van der Waals surface area contributed by atoms with Crippen LogP contribution < -0.4 is 4.74 Å². The molecule has 1 heterocycles. The summed E-state index contributed by atoms with van der Waals surface area (Å²) in [4.78, 5) is 18.4. The molecule has 1 fully saturated rings. The van der Waals surface area contributed by atoms with Crippen molar-refractivity contribution in [2.45, 2.75) is 32.1 Å². The van der Waals surface area contributed by atoms with Crippen LogP contribution in [0.2, 0.25) is 0 Å². The van der Waals surface area contributed by atoms with Crippen molar-refractivity contribution in [3.05, 3.63) is 18.1 Å². The van der Waals surface area contributed by atoms with Crippen molar-refractivity contribution in [3.8, 4) is 5.88 Å². The topological polar surface area (TPSA) is 72.3 Å². The van der Waals surface area contributed by atoms with Crippen LogP contribution in [0.15, 0.2) is 12.4 Å². The summed E-state index contributed by atoms with van der Waals surface area (Å²) < 4.78 is 5.50. The zero-order valence-electron chi connectivity index (χ0n) is 9.63. The molecule has 0 bridgehead atoms. The van der Waals surface area contributed by atoms with Gasteiger partial charge in [-0.2, -0.15) is 0 Å². The predicted octanol–water partition coefficient (Wildman–Crippen LogP) is 2.13. The van der Waals surface area contributed by atoms with E-state index in [2.05, 4.69) is 9.97 Å². The Bertz CT molecular complexity index is 389. The minimum Gasteiger partial charge on any atom is -0.476 e. The van der Waals surface area contributed by atoms with E-state index in [4.69, 9.17) is 9.84 Å². The van der Waals surface area contributed by atoms with Crippen LogP contribution in [0, 0.1) is 5.92 Å². The maximum Gasteiger partial charge on any atom is 0.356 e. The second-order valence-electron chi connectivity index (χ2n) is 4.36. The lowest BCUT2D eigenvalue weighted by molar-refractivity contribution is 0.0688. The van der Waals surface area contributed by atoms with Gasteiger partial charge in [-0.15, -0.1) is 0 Å². The number of hydrogen-bond donors (Lipinski definition) is 1. The summed E-state index contributed by atoms with van der Waals surface area (Å²) in [5.41, 5.74) is -0.0776. The van der Waals surface area contributed by atoms with E-state index in [9.17, 15) is 4.79 Å². The number of hydrogen-bond acceptors (Lipinski definition) is 4. The molecule has 2 rings (SSSR count). The van der Waals surface area contributed by atoms with Crippen LogP contribution in [0.25, 0.3) is 0 Å². The van der Waals surface area contributed by atoms with Crippen molar-refractivity contribution in [3.63, 3.8) is 0 Å². The molecule has 5 nitrogen and oxygen atoms in total. The number of rotatable bonds is 4. The molecule has 0 aromatic carbocycles. The summed E-state index contributed by atoms with van der Waals surface area (Å²) >= 11 is 0. The van der Waals surface area contributed by atoms with Gasteiger partial charge in [-0.25, -0.2) is 9.78 Å². The molecular weight excluding hydrogens is 220 g/mol. The molecule has 0 spiro atoms. The number of carboxylic acid groups (broad SMARTS) is 1. The van der Waals surface area contributed by atoms with Crippen molar-refractivity contribution in [2.24, 2.45) is 5.92 Å². The van der Waals surface area contributed by atoms with E-state index in [0.29, 0.717) is 18.4 Å². The molecule has 92 valence electrons. The lowest BCUT2D eigenvalue weighted by atomic mass is 9.90. The number of nitrogens with zero attached hydrogens (tertiary/aromatic N) is 2. The molecular formula is C12H16N2O3. The van der Waals surface area contributed by atoms with Gasteiger partial charge in [0, 0.05) is 0 Å². The van der Waals surface area contributed by atoms with Gasteiger partial charge in [-0.3, -0.25) is 4.98 Å². The van der Waals surface area contributed by atoms with Gasteiger partial charge in [-0.1, -0.05) is 19.3 Å². The summed E-state index contributed by atoms with van der Waals surface area (Å²) in [7, 11) is 0. The molecule has 1 aliphatic carbocycles. The lowest BCUT2D eigenvalue weighted by Gasteiger charge is -2.21. The van der Waals surface area contributed by atoms with E-state index >= 15 is 0 Å². The van der Waals surface area contributed by atoms with Gasteiger partial charge in [0.25, 0.3) is 0 Å². The molecule has 0 atom stereocenters. The third-order valence-corrected chi connectivity index (χ3v) is 3.02. The monoisotopic (exact) mass is 236 g/mol. The van der Waals surface area contributed by atoms with Crippen LogP contribution in [-0.2, 0) is 0 Å². The van der Waals surface area contributed by atoms with Gasteiger partial charge in [0.05, 0.1) is 19.0 Å². The van der Waals surface area contributed by atoms with E-state index < -0.39 is 5.97 Å². The number of carboxylic acids is 1. The van der Waals surface area contributed by atoms with Crippen LogP contribution >= 0.6 is 0 Å². The van der Waals surface area contributed by atoms with Crippen molar-refractivity contribution in [2.75, 3.05) is 6.61 Å². The molecule has 1 aliphatic rings. The fraction of sp³-hybridized carbons (Fsp3) is 0.583. The Morgan fingerprint density at radius 1 is 1.35 bits per heavy atom. The third kappa shape index (κ3) is 3.41. The lowest BCUT2D eigenvalue weighted by Crippen LogP contribution is -2.16. The van der Waals surface area contributed by atoms with Gasteiger partial charge in [0.2, 0.25) is 5.88 Å². The highest BCUT2D eigenvalue weighted by Crippen LogP contribution is 2.24. The molecule has 0 aliphatic heterocycles. The third-order valence-electron chi connectivity index (χ3n) is 3.02. The summed E-state index contributed by atoms with van der Waals surface area (Å²) in [6, 6.07) is 0. The van der Waals surface area contributed by atoms with Crippen LogP contribution in [-0.4, -0.2) is 27.7 Å². The zero-order chi connectivity index (χ0) is 12.1. The quantitative estimate of drug-likeness (QED) is 0.867. The molecule has 1 aromatic rings. The summed E-state index contributed by atoms with van der Waals surface area (Å²) in [5.74, 6) is -0.213. The van der Waals surface area contributed by atoms with Crippen LogP contribution in [0.5, 0.6) is 5.88 Å². The van der Waals surface area contributed by atoms with Crippen LogP contribution in [0.4, 0.5) is 0 Å². The fourth-order valence-corrected chi connectivity index (χ4v) is 2.08. The Hall–Kier alpha value is -1.65. The van der Waals surface area contributed by atoms with Crippen molar-refractivity contribution in [1.82, 2.24) is 9.97 Å². The molecule has 1 N–H and O–H groups in total. The molecule has 0 amide bonds. The number of aromatic carboxylic acids is 1. The first kappa shape index (κ1) is 11.8. The molecule has 1 saturated carbocycles.